The third kappa shape index (κ3) is 5.13. The van der Waals surface area contributed by atoms with Crippen molar-refractivity contribution in [1.29, 1.82) is 0 Å². The van der Waals surface area contributed by atoms with Gasteiger partial charge in [-0.2, -0.15) is 5.10 Å². The van der Waals surface area contributed by atoms with E-state index in [1.807, 2.05) is 0 Å². The number of hydrogen-bond acceptors (Lipinski definition) is 4. The molecule has 3 N–H and O–H groups in total. The summed E-state index contributed by atoms with van der Waals surface area (Å²) in [6.45, 7) is 5.61. The Morgan fingerprint density at radius 2 is 1.79 bits per heavy atom. The van der Waals surface area contributed by atoms with Gasteiger partial charge in [-0.05, 0) is 37.1 Å². The molecule has 0 aliphatic carbocycles. The molecule has 6 nitrogen and oxygen atoms in total. The summed E-state index contributed by atoms with van der Waals surface area (Å²) in [4.78, 5) is 15.0. The van der Waals surface area contributed by atoms with Crippen molar-refractivity contribution >= 4 is 18.3 Å². The number of amides is 1. The highest BCUT2D eigenvalue weighted by Crippen LogP contribution is 2.16. The number of aromatic amines is 1. The summed E-state index contributed by atoms with van der Waals surface area (Å²) in [7, 11) is 0. The van der Waals surface area contributed by atoms with Crippen molar-refractivity contribution in [2.24, 2.45) is 0 Å². The number of carbonyl (C=O) groups excluding carboxylic acids is 1. The number of H-pyrrole nitrogens is 1. The van der Waals surface area contributed by atoms with E-state index >= 15 is 0 Å². The molecule has 0 spiro atoms. The van der Waals surface area contributed by atoms with Gasteiger partial charge in [0, 0.05) is 43.9 Å². The zero-order valence-electron chi connectivity index (χ0n) is 16.3. The van der Waals surface area contributed by atoms with Crippen LogP contribution in [0.15, 0.2) is 24.3 Å². The monoisotopic (exact) mass is 403 g/mol. The van der Waals surface area contributed by atoms with Crippen LogP contribution in [0.25, 0.3) is 0 Å². The number of aromatic nitrogens is 2. The topological polar surface area (TPSA) is 73.0 Å². The summed E-state index contributed by atoms with van der Waals surface area (Å²) < 4.78 is 0. The van der Waals surface area contributed by atoms with Crippen LogP contribution in [0.3, 0.4) is 0 Å². The maximum Gasteiger partial charge on any atom is 0.272 e. The van der Waals surface area contributed by atoms with Crippen molar-refractivity contribution in [3.63, 3.8) is 0 Å². The molecule has 28 heavy (non-hydrogen) atoms. The van der Waals surface area contributed by atoms with Gasteiger partial charge in [0.2, 0.25) is 0 Å². The van der Waals surface area contributed by atoms with Crippen LogP contribution in [-0.4, -0.2) is 40.6 Å². The van der Waals surface area contributed by atoms with E-state index in [-0.39, 0.29) is 18.3 Å². The molecule has 1 aromatic heterocycles. The Balaban J connectivity index is 0.00000225. The van der Waals surface area contributed by atoms with Crippen molar-refractivity contribution in [3.05, 3.63) is 52.3 Å². The summed E-state index contributed by atoms with van der Waals surface area (Å²) >= 11 is 0. The lowest BCUT2D eigenvalue weighted by atomic mass is 10.1. The van der Waals surface area contributed by atoms with Crippen LogP contribution in [0.5, 0.6) is 0 Å². The molecular weight excluding hydrogens is 374 g/mol. The molecule has 2 aromatic rings. The quantitative estimate of drug-likeness (QED) is 0.717. The van der Waals surface area contributed by atoms with Crippen molar-refractivity contribution in [2.45, 2.75) is 51.7 Å². The van der Waals surface area contributed by atoms with E-state index in [2.05, 4.69) is 50.0 Å². The molecular formula is C21H30ClN5O. The average molecular weight is 404 g/mol. The van der Waals surface area contributed by atoms with Gasteiger partial charge in [-0.1, -0.05) is 37.1 Å². The second-order valence-electron chi connectivity index (χ2n) is 7.65. The molecule has 1 amide bonds. The predicted octanol–water partition coefficient (Wildman–Crippen LogP) is 2.78. The number of fused-ring (bicyclic) bond motifs is 1. The van der Waals surface area contributed by atoms with E-state index in [1.54, 1.807) is 0 Å². The van der Waals surface area contributed by atoms with Crippen LogP contribution in [0.1, 0.15) is 58.6 Å². The molecule has 4 rings (SSSR count). The fraction of sp³-hybridized carbons (Fsp3) is 0.524. The minimum Gasteiger partial charge on any atom is -0.347 e. The Morgan fingerprint density at radius 3 is 2.54 bits per heavy atom. The molecule has 3 heterocycles. The number of hydrogen-bond donors (Lipinski definition) is 3. The van der Waals surface area contributed by atoms with Crippen molar-refractivity contribution < 1.29 is 4.79 Å². The van der Waals surface area contributed by atoms with Crippen molar-refractivity contribution in [3.8, 4) is 0 Å². The SMILES string of the molecule is Cl.O=C(NCc1ccc(CN2CCCCCC2)cc1)c1n[nH]c2c1CNCC2. The van der Waals surface area contributed by atoms with Gasteiger partial charge < -0.3 is 10.6 Å². The number of likely N-dealkylation sites (tertiary alicyclic amines) is 1. The summed E-state index contributed by atoms with van der Waals surface area (Å²) in [5.41, 5.74) is 5.07. The highest BCUT2D eigenvalue weighted by atomic mass is 35.5. The number of nitrogens with one attached hydrogen (secondary N) is 3. The second-order valence-corrected chi connectivity index (χ2v) is 7.65. The van der Waals surface area contributed by atoms with Crippen LogP contribution in [0, 0.1) is 0 Å². The Morgan fingerprint density at radius 1 is 1.07 bits per heavy atom. The van der Waals surface area contributed by atoms with Gasteiger partial charge in [0.05, 0.1) is 0 Å². The Bertz CT molecular complexity index is 766. The van der Waals surface area contributed by atoms with Crippen LogP contribution >= 0.6 is 12.4 Å². The molecule has 0 radical (unpaired) electrons. The van der Waals surface area contributed by atoms with E-state index in [1.165, 1.54) is 44.3 Å². The van der Waals surface area contributed by atoms with Crippen LogP contribution in [0.2, 0.25) is 0 Å². The first-order valence-corrected chi connectivity index (χ1v) is 10.1. The van der Waals surface area contributed by atoms with Gasteiger partial charge in [0.25, 0.3) is 5.91 Å². The zero-order valence-corrected chi connectivity index (χ0v) is 17.1. The normalized spacial score (nSPS) is 17.3. The smallest absolute Gasteiger partial charge is 0.272 e. The first kappa shape index (κ1) is 20.8. The number of rotatable bonds is 5. The fourth-order valence-electron chi connectivity index (χ4n) is 3.99. The number of nitrogens with zero attached hydrogens (tertiary/aromatic N) is 2. The van der Waals surface area contributed by atoms with E-state index < -0.39 is 0 Å². The Hall–Kier alpha value is -1.89. The lowest BCUT2D eigenvalue weighted by molar-refractivity contribution is 0.0944. The minimum absolute atomic E-state index is 0. The first-order chi connectivity index (χ1) is 13.3. The van der Waals surface area contributed by atoms with Crippen molar-refractivity contribution in [2.75, 3.05) is 19.6 Å². The molecule has 1 fully saturated rings. The molecule has 0 atom stereocenters. The second kappa shape index (κ2) is 10.0. The van der Waals surface area contributed by atoms with Gasteiger partial charge in [-0.15, -0.1) is 12.4 Å². The van der Waals surface area contributed by atoms with Gasteiger partial charge in [0.1, 0.15) is 0 Å². The fourth-order valence-corrected chi connectivity index (χ4v) is 3.99. The third-order valence-corrected chi connectivity index (χ3v) is 5.60. The molecule has 7 heteroatoms. The van der Waals surface area contributed by atoms with E-state index in [0.29, 0.717) is 18.8 Å². The lowest BCUT2D eigenvalue weighted by Crippen LogP contribution is -2.28. The van der Waals surface area contributed by atoms with E-state index in [4.69, 9.17) is 0 Å². The van der Waals surface area contributed by atoms with Gasteiger partial charge in [-0.25, -0.2) is 0 Å². The summed E-state index contributed by atoms with van der Waals surface area (Å²) in [6, 6.07) is 8.61. The standard InChI is InChI=1S/C21H29N5O.ClH/c27-21(20-18-14-22-10-9-19(18)24-25-20)23-13-16-5-7-17(8-6-16)15-26-11-3-1-2-4-12-26;/h5-8,22H,1-4,9-15H2,(H,23,27)(H,24,25);1H. The Labute approximate surface area is 172 Å². The number of halogens is 1. The summed E-state index contributed by atoms with van der Waals surface area (Å²) in [5, 5.41) is 13.5. The molecule has 2 aliphatic heterocycles. The van der Waals surface area contributed by atoms with Gasteiger partial charge in [-0.3, -0.25) is 14.8 Å². The zero-order chi connectivity index (χ0) is 18.5. The molecule has 0 bridgehead atoms. The first-order valence-electron chi connectivity index (χ1n) is 10.1. The molecule has 2 aliphatic rings. The van der Waals surface area contributed by atoms with E-state index in [0.717, 1.165) is 36.3 Å². The van der Waals surface area contributed by atoms with E-state index in [9.17, 15) is 4.79 Å². The highest BCUT2D eigenvalue weighted by Gasteiger charge is 2.21. The number of carbonyl (C=O) groups is 1. The minimum atomic E-state index is -0.107. The maximum atomic E-state index is 12.5. The third-order valence-electron chi connectivity index (χ3n) is 5.60. The molecule has 152 valence electrons. The average Bonchev–Trinajstić information content (AvgIpc) is 2.97. The lowest BCUT2D eigenvalue weighted by Gasteiger charge is -2.19. The summed E-state index contributed by atoms with van der Waals surface area (Å²) in [5.74, 6) is -0.107. The molecule has 1 saturated heterocycles. The van der Waals surface area contributed by atoms with Crippen LogP contribution in [0.4, 0.5) is 0 Å². The maximum absolute atomic E-state index is 12.5. The Kier molecular flexibility index (Phi) is 7.48. The summed E-state index contributed by atoms with van der Waals surface area (Å²) in [6.07, 6.45) is 6.26. The predicted molar refractivity (Wildman–Crippen MR) is 113 cm³/mol. The molecule has 0 unspecified atom stereocenters. The van der Waals surface area contributed by atoms with Crippen LogP contribution in [-0.2, 0) is 26.1 Å². The molecule has 0 saturated carbocycles. The van der Waals surface area contributed by atoms with Gasteiger partial charge >= 0.3 is 0 Å². The number of benzene rings is 1. The van der Waals surface area contributed by atoms with Gasteiger partial charge in [0.15, 0.2) is 5.69 Å². The van der Waals surface area contributed by atoms with Crippen LogP contribution < -0.4 is 10.6 Å². The molecule has 1 aromatic carbocycles. The van der Waals surface area contributed by atoms with Crippen molar-refractivity contribution in [1.82, 2.24) is 25.7 Å². The highest BCUT2D eigenvalue weighted by molar-refractivity contribution is 5.94. The largest absolute Gasteiger partial charge is 0.347 e.